The number of furan rings is 1. The third-order valence-electron chi connectivity index (χ3n) is 2.65. The molecule has 2 rings (SSSR count). The first-order chi connectivity index (χ1) is 8.65. The number of benzene rings is 1. The van der Waals surface area contributed by atoms with Gasteiger partial charge < -0.3 is 9.15 Å². The molecule has 0 radical (unpaired) electrons. The van der Waals surface area contributed by atoms with Gasteiger partial charge in [-0.05, 0) is 46.3 Å². The molecule has 0 saturated heterocycles. The summed E-state index contributed by atoms with van der Waals surface area (Å²) in [7, 11) is 1.59. The van der Waals surface area contributed by atoms with Crippen molar-refractivity contribution in [3.8, 4) is 5.75 Å². The first-order valence-electron chi connectivity index (χ1n) is 5.62. The zero-order valence-corrected chi connectivity index (χ0v) is 11.8. The molecule has 0 fully saturated rings. The number of hydrogen-bond acceptors (Lipinski definition) is 3. The summed E-state index contributed by atoms with van der Waals surface area (Å²) in [4.78, 5) is 12.2. The van der Waals surface area contributed by atoms with E-state index in [0.29, 0.717) is 21.5 Å². The predicted octanol–water partition coefficient (Wildman–Crippen LogP) is 3.84. The standard InChI is InChI=1S/C14H13BrO3/c1-3-9-5-7-13(18-9)14(16)11-6-4-10(17-2)8-12(11)15/h4-8H,3H2,1-2H3. The number of hydrogen-bond donors (Lipinski definition) is 0. The maximum atomic E-state index is 12.2. The van der Waals surface area contributed by atoms with Gasteiger partial charge >= 0.3 is 0 Å². The summed E-state index contributed by atoms with van der Waals surface area (Å²) in [6.45, 7) is 1.98. The van der Waals surface area contributed by atoms with E-state index in [-0.39, 0.29) is 5.78 Å². The molecule has 0 aliphatic heterocycles. The summed E-state index contributed by atoms with van der Waals surface area (Å²) in [5.41, 5.74) is 0.563. The van der Waals surface area contributed by atoms with Gasteiger partial charge in [0.05, 0.1) is 7.11 Å². The second-order valence-electron chi connectivity index (χ2n) is 3.79. The smallest absolute Gasteiger partial charge is 0.229 e. The molecule has 94 valence electrons. The molecule has 0 atom stereocenters. The van der Waals surface area contributed by atoms with Crippen LogP contribution >= 0.6 is 15.9 Å². The largest absolute Gasteiger partial charge is 0.497 e. The number of rotatable bonds is 4. The Morgan fingerprint density at radius 2 is 2.11 bits per heavy atom. The highest BCUT2D eigenvalue weighted by molar-refractivity contribution is 9.10. The van der Waals surface area contributed by atoms with Crippen LogP contribution in [0.2, 0.25) is 0 Å². The van der Waals surface area contributed by atoms with Gasteiger partial charge in [-0.25, -0.2) is 0 Å². The average Bonchev–Trinajstić information content (AvgIpc) is 2.86. The van der Waals surface area contributed by atoms with Gasteiger partial charge in [-0.2, -0.15) is 0 Å². The third-order valence-corrected chi connectivity index (χ3v) is 3.31. The van der Waals surface area contributed by atoms with Crippen LogP contribution in [0.3, 0.4) is 0 Å². The lowest BCUT2D eigenvalue weighted by Gasteiger charge is -2.04. The molecule has 0 aliphatic rings. The van der Waals surface area contributed by atoms with Crippen LogP contribution in [0.1, 0.15) is 28.8 Å². The quantitative estimate of drug-likeness (QED) is 0.806. The van der Waals surface area contributed by atoms with Gasteiger partial charge in [-0.15, -0.1) is 0 Å². The van der Waals surface area contributed by atoms with Crippen molar-refractivity contribution in [3.05, 3.63) is 51.9 Å². The summed E-state index contributed by atoms with van der Waals surface area (Å²) in [6.07, 6.45) is 0.775. The fraction of sp³-hybridized carbons (Fsp3) is 0.214. The molecular formula is C14H13BrO3. The average molecular weight is 309 g/mol. The Morgan fingerprint density at radius 1 is 1.33 bits per heavy atom. The fourth-order valence-corrected chi connectivity index (χ4v) is 2.17. The molecule has 2 aromatic rings. The minimum atomic E-state index is -0.135. The van der Waals surface area contributed by atoms with E-state index >= 15 is 0 Å². The van der Waals surface area contributed by atoms with Crippen LogP contribution in [-0.4, -0.2) is 12.9 Å². The predicted molar refractivity (Wildman–Crippen MR) is 72.2 cm³/mol. The molecule has 1 heterocycles. The van der Waals surface area contributed by atoms with Gasteiger partial charge in [0.2, 0.25) is 5.78 Å². The summed E-state index contributed by atoms with van der Waals surface area (Å²) in [5, 5.41) is 0. The van der Waals surface area contributed by atoms with Crippen LogP contribution < -0.4 is 4.74 Å². The van der Waals surface area contributed by atoms with Crippen LogP contribution in [0.15, 0.2) is 39.2 Å². The number of ether oxygens (including phenoxy) is 1. The number of carbonyl (C=O) groups is 1. The van der Waals surface area contributed by atoms with Crippen molar-refractivity contribution in [2.45, 2.75) is 13.3 Å². The van der Waals surface area contributed by atoms with E-state index in [1.165, 1.54) is 0 Å². The van der Waals surface area contributed by atoms with E-state index in [9.17, 15) is 4.79 Å². The number of halogens is 1. The van der Waals surface area contributed by atoms with Crippen molar-refractivity contribution in [2.24, 2.45) is 0 Å². The van der Waals surface area contributed by atoms with Crippen molar-refractivity contribution >= 4 is 21.7 Å². The Morgan fingerprint density at radius 3 is 2.67 bits per heavy atom. The second kappa shape index (κ2) is 5.40. The first-order valence-corrected chi connectivity index (χ1v) is 6.42. The van der Waals surface area contributed by atoms with Gasteiger partial charge in [0.25, 0.3) is 0 Å². The summed E-state index contributed by atoms with van der Waals surface area (Å²) in [5.74, 6) is 1.73. The normalized spacial score (nSPS) is 10.4. The summed E-state index contributed by atoms with van der Waals surface area (Å²) >= 11 is 3.37. The molecule has 1 aromatic carbocycles. The monoisotopic (exact) mass is 308 g/mol. The highest BCUT2D eigenvalue weighted by Gasteiger charge is 2.16. The molecule has 18 heavy (non-hydrogen) atoms. The lowest BCUT2D eigenvalue weighted by Crippen LogP contribution is -2.01. The number of methoxy groups -OCH3 is 1. The zero-order chi connectivity index (χ0) is 13.1. The van der Waals surface area contributed by atoms with Crippen molar-refractivity contribution in [2.75, 3.05) is 7.11 Å². The summed E-state index contributed by atoms with van der Waals surface area (Å²) < 4.78 is 11.2. The Kier molecular flexibility index (Phi) is 3.87. The molecule has 3 nitrogen and oxygen atoms in total. The van der Waals surface area contributed by atoms with E-state index in [1.807, 2.05) is 13.0 Å². The highest BCUT2D eigenvalue weighted by Crippen LogP contribution is 2.25. The Bertz CT molecular complexity index is 572. The lowest BCUT2D eigenvalue weighted by molar-refractivity contribution is 0.101. The summed E-state index contributed by atoms with van der Waals surface area (Å²) in [6, 6.07) is 8.76. The molecule has 0 spiro atoms. The number of aryl methyl sites for hydroxylation is 1. The van der Waals surface area contributed by atoms with E-state index < -0.39 is 0 Å². The van der Waals surface area contributed by atoms with Crippen molar-refractivity contribution in [1.29, 1.82) is 0 Å². The Labute approximate surface area is 114 Å². The van der Waals surface area contributed by atoms with E-state index in [1.54, 1.807) is 31.4 Å². The van der Waals surface area contributed by atoms with Gasteiger partial charge in [0.1, 0.15) is 11.5 Å². The molecule has 0 amide bonds. The maximum Gasteiger partial charge on any atom is 0.229 e. The van der Waals surface area contributed by atoms with Crippen LogP contribution in [0.4, 0.5) is 0 Å². The van der Waals surface area contributed by atoms with E-state index in [0.717, 1.165) is 12.2 Å². The van der Waals surface area contributed by atoms with Crippen LogP contribution in [-0.2, 0) is 6.42 Å². The molecule has 0 N–H and O–H groups in total. The number of ketones is 1. The molecule has 0 bridgehead atoms. The van der Waals surface area contributed by atoms with Crippen molar-refractivity contribution in [3.63, 3.8) is 0 Å². The minimum absolute atomic E-state index is 0.135. The lowest BCUT2D eigenvalue weighted by atomic mass is 10.1. The van der Waals surface area contributed by atoms with Crippen molar-refractivity contribution in [1.82, 2.24) is 0 Å². The first kappa shape index (κ1) is 12.9. The van der Waals surface area contributed by atoms with Crippen LogP contribution in [0.25, 0.3) is 0 Å². The second-order valence-corrected chi connectivity index (χ2v) is 4.65. The van der Waals surface area contributed by atoms with E-state index in [2.05, 4.69) is 15.9 Å². The Balaban J connectivity index is 2.33. The van der Waals surface area contributed by atoms with Crippen LogP contribution in [0, 0.1) is 0 Å². The molecule has 0 saturated carbocycles. The van der Waals surface area contributed by atoms with Crippen molar-refractivity contribution < 1.29 is 13.9 Å². The molecule has 0 aliphatic carbocycles. The molecule has 1 aromatic heterocycles. The minimum Gasteiger partial charge on any atom is -0.497 e. The Hall–Kier alpha value is -1.55. The van der Waals surface area contributed by atoms with Gasteiger partial charge in [-0.1, -0.05) is 6.92 Å². The fourth-order valence-electron chi connectivity index (χ4n) is 1.63. The molecule has 0 unspecified atom stereocenters. The van der Waals surface area contributed by atoms with Gasteiger partial charge in [-0.3, -0.25) is 4.79 Å². The molecule has 4 heteroatoms. The SMILES string of the molecule is CCc1ccc(C(=O)c2ccc(OC)cc2Br)o1. The molecular weight excluding hydrogens is 296 g/mol. The maximum absolute atomic E-state index is 12.2. The van der Waals surface area contributed by atoms with E-state index in [4.69, 9.17) is 9.15 Å². The zero-order valence-electron chi connectivity index (χ0n) is 10.2. The highest BCUT2D eigenvalue weighted by atomic mass is 79.9. The number of carbonyl (C=O) groups excluding carboxylic acids is 1. The topological polar surface area (TPSA) is 39.4 Å². The third kappa shape index (κ3) is 2.48. The van der Waals surface area contributed by atoms with Gasteiger partial charge in [0, 0.05) is 16.5 Å². The van der Waals surface area contributed by atoms with Gasteiger partial charge in [0.15, 0.2) is 5.76 Å². The van der Waals surface area contributed by atoms with Crippen LogP contribution in [0.5, 0.6) is 5.75 Å².